The molecule has 3 rings (SSSR count). The molecule has 0 spiro atoms. The summed E-state index contributed by atoms with van der Waals surface area (Å²) >= 11 is 1.53. The van der Waals surface area contributed by atoms with E-state index in [0.29, 0.717) is 30.2 Å². The summed E-state index contributed by atoms with van der Waals surface area (Å²) in [5.74, 6) is 1.07. The fourth-order valence-corrected chi connectivity index (χ4v) is 5.39. The number of aromatic nitrogens is 4. The third-order valence-electron chi connectivity index (χ3n) is 5.35. The molecule has 2 N–H and O–H groups in total. The maximum absolute atomic E-state index is 12.9. The smallest absolute Gasteiger partial charge is 0.212 e. The highest BCUT2D eigenvalue weighted by molar-refractivity contribution is 7.89. The van der Waals surface area contributed by atoms with Crippen LogP contribution in [-0.4, -0.2) is 58.9 Å². The van der Waals surface area contributed by atoms with Crippen molar-refractivity contribution < 1.29 is 8.42 Å². The van der Waals surface area contributed by atoms with E-state index in [1.54, 1.807) is 0 Å². The van der Waals surface area contributed by atoms with Gasteiger partial charge in [-0.15, -0.1) is 11.3 Å². The topological polar surface area (TPSA) is 104 Å². The Morgan fingerprint density at radius 2 is 1.91 bits per heavy atom. The van der Waals surface area contributed by atoms with Gasteiger partial charge in [-0.3, -0.25) is 5.10 Å². The van der Waals surface area contributed by atoms with Gasteiger partial charge in [0.1, 0.15) is 11.5 Å². The molecule has 0 unspecified atom stereocenters. The fraction of sp³-hybridized carbons (Fsp3) is 0.500. The van der Waals surface area contributed by atoms with Gasteiger partial charge in [0.15, 0.2) is 0 Å². The monoisotopic (exact) mass is 476 g/mol. The molecule has 0 bridgehead atoms. The number of sulfonamides is 1. The van der Waals surface area contributed by atoms with Gasteiger partial charge in [-0.05, 0) is 51.4 Å². The Labute approximate surface area is 194 Å². The van der Waals surface area contributed by atoms with Crippen molar-refractivity contribution in [2.75, 3.05) is 25.4 Å². The first-order valence-electron chi connectivity index (χ1n) is 11.0. The van der Waals surface area contributed by atoms with E-state index >= 15 is 0 Å². The summed E-state index contributed by atoms with van der Waals surface area (Å²) in [6.45, 7) is 8.69. The number of hydrogen-bond acceptors (Lipinski definition) is 7. The van der Waals surface area contributed by atoms with Gasteiger partial charge in [0, 0.05) is 5.38 Å². The minimum Gasteiger partial charge on any atom is -0.304 e. The molecule has 2 heterocycles. The summed E-state index contributed by atoms with van der Waals surface area (Å²) in [6.07, 6.45) is 1.88. The first-order valence-corrected chi connectivity index (χ1v) is 13.5. The zero-order valence-corrected chi connectivity index (χ0v) is 20.5. The summed E-state index contributed by atoms with van der Waals surface area (Å²) < 4.78 is 28.6. The van der Waals surface area contributed by atoms with E-state index in [9.17, 15) is 8.42 Å². The van der Waals surface area contributed by atoms with Gasteiger partial charge < -0.3 is 4.90 Å². The molecule has 8 nitrogen and oxygen atoms in total. The molecule has 0 amide bonds. The van der Waals surface area contributed by atoms with Crippen molar-refractivity contribution >= 4 is 21.4 Å². The number of nitrogens with zero attached hydrogens (tertiary/aromatic N) is 4. The first kappa shape index (κ1) is 24.5. The molecular weight excluding hydrogens is 444 g/mol. The van der Waals surface area contributed by atoms with E-state index in [4.69, 9.17) is 0 Å². The number of thiazole rings is 1. The maximum atomic E-state index is 12.9. The molecule has 1 atom stereocenters. The molecule has 2 aromatic heterocycles. The summed E-state index contributed by atoms with van der Waals surface area (Å²) in [5.41, 5.74) is 1.84. The van der Waals surface area contributed by atoms with Crippen LogP contribution < -0.4 is 4.72 Å². The van der Waals surface area contributed by atoms with Crippen LogP contribution in [0.2, 0.25) is 0 Å². The van der Waals surface area contributed by atoms with Gasteiger partial charge in [-0.1, -0.05) is 44.2 Å². The Balaban J connectivity index is 1.72. The number of benzene rings is 1. The summed E-state index contributed by atoms with van der Waals surface area (Å²) in [5, 5.41) is 10.0. The molecule has 0 saturated heterocycles. The van der Waals surface area contributed by atoms with Crippen molar-refractivity contribution in [1.82, 2.24) is 29.8 Å². The minimum atomic E-state index is -3.47. The van der Waals surface area contributed by atoms with Crippen LogP contribution in [0.3, 0.4) is 0 Å². The largest absolute Gasteiger partial charge is 0.304 e. The average Bonchev–Trinajstić information content (AvgIpc) is 3.44. The second kappa shape index (κ2) is 11.6. The zero-order chi connectivity index (χ0) is 23.0. The highest BCUT2D eigenvalue weighted by Gasteiger charge is 2.23. The Bertz CT molecular complexity index is 1060. The Hall–Kier alpha value is -2.14. The Morgan fingerprint density at radius 1 is 1.16 bits per heavy atom. The molecule has 10 heteroatoms. The minimum absolute atomic E-state index is 0.0810. The van der Waals surface area contributed by atoms with Crippen LogP contribution in [0.1, 0.15) is 49.1 Å². The predicted molar refractivity (Wildman–Crippen MR) is 129 cm³/mol. The number of H-pyrrole nitrogens is 1. The zero-order valence-electron chi connectivity index (χ0n) is 18.9. The van der Waals surface area contributed by atoms with Crippen molar-refractivity contribution in [3.05, 3.63) is 52.1 Å². The molecule has 0 radical (unpaired) electrons. The summed E-state index contributed by atoms with van der Waals surface area (Å²) in [6, 6.07) is 9.53. The average molecular weight is 477 g/mol. The molecule has 0 aliphatic heterocycles. The molecule has 1 aromatic carbocycles. The first-order chi connectivity index (χ1) is 15.4. The van der Waals surface area contributed by atoms with Crippen molar-refractivity contribution in [1.29, 1.82) is 0 Å². The standard InChI is InChI=1S/C22H32N6O2S2/c1-4-28(5-2)14-9-15-32(29,30)27-19(13-12-18-10-7-6-8-11-18)21-24-22(26-25-21)20-16-31-17(3)23-20/h6-8,10-11,16,19,27H,4-5,9,12-15H2,1-3H3,(H,24,25,26)/t19-/m1/s1. The molecular formula is C22H32N6O2S2. The van der Waals surface area contributed by atoms with Crippen LogP contribution in [0.15, 0.2) is 35.7 Å². The lowest BCUT2D eigenvalue weighted by Crippen LogP contribution is -2.33. The molecule has 0 aliphatic rings. The van der Waals surface area contributed by atoms with Gasteiger partial charge in [-0.2, -0.15) is 5.10 Å². The molecule has 0 fully saturated rings. The second-order valence-electron chi connectivity index (χ2n) is 7.69. The van der Waals surface area contributed by atoms with Crippen molar-refractivity contribution in [3.63, 3.8) is 0 Å². The van der Waals surface area contributed by atoms with Crippen LogP contribution in [0, 0.1) is 6.92 Å². The lowest BCUT2D eigenvalue weighted by molar-refractivity contribution is 0.304. The molecule has 32 heavy (non-hydrogen) atoms. The number of aryl methyl sites for hydroxylation is 2. The van der Waals surface area contributed by atoms with Crippen LogP contribution in [0.25, 0.3) is 11.5 Å². The van der Waals surface area contributed by atoms with Crippen LogP contribution in [-0.2, 0) is 16.4 Å². The summed E-state index contributed by atoms with van der Waals surface area (Å²) in [4.78, 5) is 11.2. The third kappa shape index (κ3) is 7.19. The normalized spacial score (nSPS) is 13.0. The van der Waals surface area contributed by atoms with Gasteiger partial charge in [0.05, 0.1) is 16.8 Å². The Morgan fingerprint density at radius 3 is 2.56 bits per heavy atom. The van der Waals surface area contributed by atoms with Gasteiger partial charge >= 0.3 is 0 Å². The highest BCUT2D eigenvalue weighted by Crippen LogP contribution is 2.22. The highest BCUT2D eigenvalue weighted by atomic mass is 32.2. The van der Waals surface area contributed by atoms with Crippen molar-refractivity contribution in [2.24, 2.45) is 0 Å². The van der Waals surface area contributed by atoms with Gasteiger partial charge in [-0.25, -0.2) is 23.1 Å². The van der Waals surface area contributed by atoms with E-state index in [-0.39, 0.29) is 5.75 Å². The Kier molecular flexibility index (Phi) is 8.92. The van der Waals surface area contributed by atoms with Gasteiger partial charge in [0.2, 0.25) is 15.8 Å². The van der Waals surface area contributed by atoms with E-state index < -0.39 is 16.1 Å². The molecule has 0 saturated carbocycles. The number of nitrogens with one attached hydrogen (secondary N) is 2. The van der Waals surface area contributed by atoms with Crippen LogP contribution >= 0.6 is 11.3 Å². The molecule has 0 aliphatic carbocycles. The third-order valence-corrected chi connectivity index (χ3v) is 7.59. The number of aromatic amines is 1. The summed E-state index contributed by atoms with van der Waals surface area (Å²) in [7, 11) is -3.47. The van der Waals surface area contributed by atoms with Crippen LogP contribution in [0.5, 0.6) is 0 Å². The van der Waals surface area contributed by atoms with Crippen LogP contribution in [0.4, 0.5) is 0 Å². The van der Waals surface area contributed by atoms with Crippen molar-refractivity contribution in [2.45, 2.75) is 46.1 Å². The lowest BCUT2D eigenvalue weighted by atomic mass is 10.1. The number of rotatable bonds is 13. The van der Waals surface area contributed by atoms with Crippen molar-refractivity contribution in [3.8, 4) is 11.5 Å². The second-order valence-corrected chi connectivity index (χ2v) is 10.6. The van der Waals surface area contributed by atoms with Gasteiger partial charge in [0.25, 0.3) is 0 Å². The van der Waals surface area contributed by atoms with E-state index in [1.807, 2.05) is 42.6 Å². The quantitative estimate of drug-likeness (QED) is 0.391. The van der Waals surface area contributed by atoms with E-state index in [1.165, 1.54) is 11.3 Å². The van der Waals surface area contributed by atoms with E-state index in [0.717, 1.165) is 36.6 Å². The SMILES string of the molecule is CCN(CC)CCCS(=O)(=O)N[C@H](CCc1ccccc1)c1nc(-c2csc(C)n2)n[nH]1. The maximum Gasteiger partial charge on any atom is 0.212 e. The molecule has 3 aromatic rings. The fourth-order valence-electron chi connectivity index (χ4n) is 3.51. The number of hydrogen-bond donors (Lipinski definition) is 2. The predicted octanol–water partition coefficient (Wildman–Crippen LogP) is 3.56. The van der Waals surface area contributed by atoms with E-state index in [2.05, 4.69) is 43.6 Å². The molecule has 174 valence electrons. The lowest BCUT2D eigenvalue weighted by Gasteiger charge is -2.19.